The summed E-state index contributed by atoms with van der Waals surface area (Å²) in [5.74, 6) is -0.686. The molecule has 0 aliphatic rings. The van der Waals surface area contributed by atoms with Gasteiger partial charge in [0, 0.05) is 16.9 Å². The third kappa shape index (κ3) is 5.14. The summed E-state index contributed by atoms with van der Waals surface area (Å²) >= 11 is 3.17. The Morgan fingerprint density at radius 2 is 2.11 bits per heavy atom. The van der Waals surface area contributed by atoms with Gasteiger partial charge in [-0.2, -0.15) is 0 Å². The second kappa shape index (κ2) is 6.84. The Morgan fingerprint density at radius 1 is 1.39 bits per heavy atom. The number of unbranched alkanes of at least 4 members (excludes halogenated alkanes) is 2. The molecule has 18 heavy (non-hydrogen) atoms. The molecule has 0 aromatic carbocycles. The van der Waals surface area contributed by atoms with Crippen molar-refractivity contribution in [3.63, 3.8) is 0 Å². The maximum absolute atomic E-state index is 11.7. The smallest absolute Gasteiger partial charge is 0.266 e. The summed E-state index contributed by atoms with van der Waals surface area (Å²) in [6.45, 7) is 1.98. The monoisotopic (exact) mass is 334 g/mol. The minimum Gasteiger partial charge on any atom is -0.268 e. The highest BCUT2D eigenvalue weighted by Crippen LogP contribution is 2.09. The molecular weight excluding hydrogens is 320 g/mol. The maximum atomic E-state index is 11.7. The molecule has 0 atom stereocenters. The topological polar surface area (TPSA) is 76.1 Å². The fourth-order valence-corrected chi connectivity index (χ4v) is 2.78. The lowest BCUT2D eigenvalue weighted by molar-refractivity contribution is 0.0981. The Labute approximate surface area is 115 Å². The van der Waals surface area contributed by atoms with Crippen molar-refractivity contribution >= 4 is 31.9 Å². The molecule has 0 spiro atoms. The predicted molar refractivity (Wildman–Crippen MR) is 72.7 cm³/mol. The lowest BCUT2D eigenvalue weighted by atomic mass is 10.3. The van der Waals surface area contributed by atoms with Crippen molar-refractivity contribution in [1.29, 1.82) is 0 Å². The Kier molecular flexibility index (Phi) is 5.74. The number of hydrogen-bond donors (Lipinski definition) is 1. The van der Waals surface area contributed by atoms with E-state index in [1.54, 1.807) is 0 Å². The van der Waals surface area contributed by atoms with Crippen molar-refractivity contribution in [2.75, 3.05) is 5.75 Å². The molecule has 1 rings (SSSR count). The first kappa shape index (κ1) is 15.1. The van der Waals surface area contributed by atoms with E-state index in [0.29, 0.717) is 10.9 Å². The van der Waals surface area contributed by atoms with Gasteiger partial charge in [0.05, 0.1) is 11.3 Å². The number of halogens is 1. The Bertz CT molecular complexity index is 517. The van der Waals surface area contributed by atoms with Crippen molar-refractivity contribution in [3.8, 4) is 0 Å². The van der Waals surface area contributed by atoms with Gasteiger partial charge in [-0.1, -0.05) is 19.8 Å². The van der Waals surface area contributed by atoms with Gasteiger partial charge in [0.15, 0.2) is 0 Å². The summed E-state index contributed by atoms with van der Waals surface area (Å²) in [5, 5.41) is 0. The Morgan fingerprint density at radius 3 is 2.72 bits per heavy atom. The molecule has 1 amide bonds. The summed E-state index contributed by atoms with van der Waals surface area (Å²) in [4.78, 5) is 15.5. The normalized spacial score (nSPS) is 11.2. The van der Waals surface area contributed by atoms with Gasteiger partial charge in [-0.05, 0) is 28.4 Å². The average molecular weight is 335 g/mol. The lowest BCUT2D eigenvalue weighted by Crippen LogP contribution is -2.32. The molecule has 0 radical (unpaired) electrons. The second-order valence-electron chi connectivity index (χ2n) is 3.85. The molecule has 1 N–H and O–H groups in total. The van der Waals surface area contributed by atoms with E-state index >= 15 is 0 Å². The molecule has 1 aromatic rings. The summed E-state index contributed by atoms with van der Waals surface area (Å²) < 4.78 is 25.9. The zero-order chi connectivity index (χ0) is 13.6. The molecule has 0 fully saturated rings. The zero-order valence-electron chi connectivity index (χ0n) is 10.0. The highest BCUT2D eigenvalue weighted by molar-refractivity contribution is 9.10. The van der Waals surface area contributed by atoms with Crippen molar-refractivity contribution in [2.24, 2.45) is 0 Å². The van der Waals surface area contributed by atoms with Crippen LogP contribution in [0.2, 0.25) is 0 Å². The quantitative estimate of drug-likeness (QED) is 0.808. The van der Waals surface area contributed by atoms with Crippen LogP contribution in [0.25, 0.3) is 0 Å². The summed E-state index contributed by atoms with van der Waals surface area (Å²) in [7, 11) is -3.56. The van der Waals surface area contributed by atoms with Crippen LogP contribution < -0.4 is 4.72 Å². The molecule has 0 saturated heterocycles. The SMILES string of the molecule is CCCCCS(=O)(=O)NC(=O)c1cncc(Br)c1. The van der Waals surface area contributed by atoms with E-state index in [1.807, 2.05) is 11.6 Å². The molecule has 0 unspecified atom stereocenters. The van der Waals surface area contributed by atoms with Crippen LogP contribution in [-0.2, 0) is 10.0 Å². The molecule has 0 aliphatic heterocycles. The number of rotatable bonds is 6. The molecule has 1 heterocycles. The van der Waals surface area contributed by atoms with Crippen molar-refractivity contribution < 1.29 is 13.2 Å². The summed E-state index contributed by atoms with van der Waals surface area (Å²) in [6, 6.07) is 1.52. The molecule has 7 heteroatoms. The number of carbonyl (C=O) groups excluding carboxylic acids is 1. The van der Waals surface area contributed by atoms with Gasteiger partial charge in [0.2, 0.25) is 10.0 Å². The predicted octanol–water partition coefficient (Wildman–Crippen LogP) is 2.09. The molecule has 100 valence electrons. The van der Waals surface area contributed by atoms with Gasteiger partial charge in [0.1, 0.15) is 0 Å². The van der Waals surface area contributed by atoms with E-state index in [-0.39, 0.29) is 11.3 Å². The van der Waals surface area contributed by atoms with Crippen molar-refractivity contribution in [3.05, 3.63) is 28.5 Å². The Hall–Kier alpha value is -0.950. The number of nitrogens with zero attached hydrogens (tertiary/aromatic N) is 1. The van der Waals surface area contributed by atoms with Crippen LogP contribution in [0.3, 0.4) is 0 Å². The number of hydrogen-bond acceptors (Lipinski definition) is 4. The maximum Gasteiger partial charge on any atom is 0.266 e. The fourth-order valence-electron chi connectivity index (χ4n) is 1.33. The standard InChI is InChI=1S/C11H15BrN2O3S/c1-2-3-4-5-18(16,17)14-11(15)9-6-10(12)8-13-7-9/h6-8H,2-5H2,1H3,(H,14,15). The van der Waals surface area contributed by atoms with E-state index in [0.717, 1.165) is 12.8 Å². The largest absolute Gasteiger partial charge is 0.268 e. The molecule has 5 nitrogen and oxygen atoms in total. The minimum absolute atomic E-state index is 0.0337. The first-order valence-corrected chi connectivity index (χ1v) is 8.04. The third-order valence-corrected chi connectivity index (χ3v) is 3.99. The number of nitrogens with one attached hydrogen (secondary N) is 1. The molecule has 0 aliphatic carbocycles. The van der Waals surface area contributed by atoms with Gasteiger partial charge < -0.3 is 0 Å². The van der Waals surface area contributed by atoms with Crippen LogP contribution in [0.1, 0.15) is 36.5 Å². The van der Waals surface area contributed by atoms with Gasteiger partial charge in [-0.25, -0.2) is 13.1 Å². The number of pyridine rings is 1. The van der Waals surface area contributed by atoms with E-state index in [4.69, 9.17) is 0 Å². The van der Waals surface area contributed by atoms with Crippen LogP contribution in [-0.4, -0.2) is 25.1 Å². The zero-order valence-corrected chi connectivity index (χ0v) is 12.4. The first-order chi connectivity index (χ1) is 8.44. The first-order valence-electron chi connectivity index (χ1n) is 5.60. The average Bonchev–Trinajstić information content (AvgIpc) is 2.28. The van der Waals surface area contributed by atoms with E-state index in [2.05, 4.69) is 20.9 Å². The van der Waals surface area contributed by atoms with Crippen LogP contribution in [0, 0.1) is 0 Å². The van der Waals surface area contributed by atoms with Gasteiger partial charge in [-0.3, -0.25) is 9.78 Å². The van der Waals surface area contributed by atoms with Crippen LogP contribution >= 0.6 is 15.9 Å². The van der Waals surface area contributed by atoms with Crippen LogP contribution in [0.4, 0.5) is 0 Å². The van der Waals surface area contributed by atoms with E-state index < -0.39 is 15.9 Å². The van der Waals surface area contributed by atoms with Crippen molar-refractivity contribution in [1.82, 2.24) is 9.71 Å². The Balaban J connectivity index is 2.64. The minimum atomic E-state index is -3.56. The highest BCUT2D eigenvalue weighted by atomic mass is 79.9. The summed E-state index contributed by atoms with van der Waals surface area (Å²) in [6.07, 6.45) is 5.15. The van der Waals surface area contributed by atoms with Gasteiger partial charge >= 0.3 is 0 Å². The fraction of sp³-hybridized carbons (Fsp3) is 0.455. The van der Waals surface area contributed by atoms with Crippen molar-refractivity contribution in [2.45, 2.75) is 26.2 Å². The van der Waals surface area contributed by atoms with E-state index in [9.17, 15) is 13.2 Å². The third-order valence-electron chi connectivity index (χ3n) is 2.23. The number of amides is 1. The van der Waals surface area contributed by atoms with Gasteiger partial charge in [-0.15, -0.1) is 0 Å². The molecule has 0 saturated carbocycles. The number of sulfonamides is 1. The van der Waals surface area contributed by atoms with E-state index in [1.165, 1.54) is 18.5 Å². The molecular formula is C11H15BrN2O3S. The second-order valence-corrected chi connectivity index (χ2v) is 6.61. The lowest BCUT2D eigenvalue weighted by Gasteiger charge is -2.06. The molecule has 1 aromatic heterocycles. The highest BCUT2D eigenvalue weighted by Gasteiger charge is 2.15. The number of carbonyl (C=O) groups is 1. The van der Waals surface area contributed by atoms with Crippen LogP contribution in [0.5, 0.6) is 0 Å². The van der Waals surface area contributed by atoms with Crippen LogP contribution in [0.15, 0.2) is 22.9 Å². The van der Waals surface area contributed by atoms with Gasteiger partial charge in [0.25, 0.3) is 5.91 Å². The molecule has 0 bridgehead atoms. The summed E-state index contributed by atoms with van der Waals surface area (Å²) in [5.41, 5.74) is 0.212. The number of aromatic nitrogens is 1.